The Hall–Kier alpha value is -4.29. The Balaban J connectivity index is 1.78. The zero-order chi connectivity index (χ0) is 23.2. The van der Waals surface area contributed by atoms with Gasteiger partial charge in [-0.1, -0.05) is 42.5 Å². The molecule has 0 saturated carbocycles. The van der Waals surface area contributed by atoms with E-state index in [-0.39, 0.29) is 11.3 Å². The van der Waals surface area contributed by atoms with Gasteiger partial charge in [-0.2, -0.15) is 10.5 Å². The molecule has 0 bridgehead atoms. The number of rotatable bonds is 3. The van der Waals surface area contributed by atoms with Gasteiger partial charge in [0.05, 0.1) is 18.2 Å². The van der Waals surface area contributed by atoms with Crippen molar-refractivity contribution in [1.82, 2.24) is 0 Å². The highest BCUT2D eigenvalue weighted by Gasteiger charge is 2.63. The van der Waals surface area contributed by atoms with Gasteiger partial charge in [-0.25, -0.2) is 8.78 Å². The van der Waals surface area contributed by atoms with E-state index >= 15 is 0 Å². The van der Waals surface area contributed by atoms with Crippen LogP contribution in [0.25, 0.3) is 6.08 Å². The molecule has 1 fully saturated rings. The van der Waals surface area contributed by atoms with Crippen molar-refractivity contribution in [3.8, 4) is 12.1 Å². The van der Waals surface area contributed by atoms with Gasteiger partial charge in [-0.3, -0.25) is 4.79 Å². The largest absolute Gasteiger partial charge is 0.351 e. The first-order chi connectivity index (χ1) is 16.0. The fourth-order valence-electron chi connectivity index (χ4n) is 5.06. The number of anilines is 1. The predicted octanol–water partition coefficient (Wildman–Crippen LogP) is 5.25. The minimum absolute atomic E-state index is 0.269. The van der Waals surface area contributed by atoms with Gasteiger partial charge in [0, 0.05) is 17.2 Å². The zero-order valence-electron chi connectivity index (χ0n) is 17.3. The fraction of sp³-hybridized carbons (Fsp3) is 0.148. The van der Waals surface area contributed by atoms with E-state index in [2.05, 4.69) is 12.1 Å². The van der Waals surface area contributed by atoms with Crippen molar-refractivity contribution in [3.63, 3.8) is 0 Å². The number of hydrogen-bond donors (Lipinski definition) is 0. The van der Waals surface area contributed by atoms with Gasteiger partial charge >= 0.3 is 0 Å². The Morgan fingerprint density at radius 2 is 1.48 bits per heavy atom. The summed E-state index contributed by atoms with van der Waals surface area (Å²) in [6.07, 6.45) is 3.63. The molecule has 33 heavy (non-hydrogen) atoms. The van der Waals surface area contributed by atoms with Gasteiger partial charge in [0.25, 0.3) is 0 Å². The molecule has 160 valence electrons. The third-order valence-electron chi connectivity index (χ3n) is 6.54. The molecule has 1 saturated heterocycles. The molecule has 0 N–H and O–H groups in total. The maximum absolute atomic E-state index is 13.9. The minimum atomic E-state index is -1.61. The molecule has 0 aliphatic carbocycles. The Kier molecular flexibility index (Phi) is 4.80. The van der Waals surface area contributed by atoms with E-state index in [9.17, 15) is 24.1 Å². The van der Waals surface area contributed by atoms with E-state index in [0.717, 1.165) is 11.3 Å². The summed E-state index contributed by atoms with van der Waals surface area (Å²) in [4.78, 5) is 15.7. The summed E-state index contributed by atoms with van der Waals surface area (Å²) >= 11 is 0. The molecule has 0 amide bonds. The quantitative estimate of drug-likeness (QED) is 0.525. The summed E-state index contributed by atoms with van der Waals surface area (Å²) in [7, 11) is 0. The molecule has 3 aromatic rings. The number of Topliss-reactive ketones (excluding diaryl/α,β-unsaturated/α-hetero) is 1. The first-order valence-corrected chi connectivity index (χ1v) is 10.4. The monoisotopic (exact) mass is 437 g/mol. The Labute approximate surface area is 189 Å². The summed E-state index contributed by atoms with van der Waals surface area (Å²) in [5.41, 5.74) is 0.758. The van der Waals surface area contributed by atoms with Crippen LogP contribution in [-0.4, -0.2) is 17.9 Å². The minimum Gasteiger partial charge on any atom is -0.351 e. The lowest BCUT2D eigenvalue weighted by Crippen LogP contribution is -2.44. The molecule has 2 aliphatic rings. The Morgan fingerprint density at radius 1 is 0.879 bits per heavy atom. The molecule has 4 nitrogen and oxygen atoms in total. The van der Waals surface area contributed by atoms with Crippen molar-refractivity contribution in [2.75, 3.05) is 4.90 Å². The summed E-state index contributed by atoms with van der Waals surface area (Å²) in [6, 6.07) is 21.0. The van der Waals surface area contributed by atoms with Crippen LogP contribution in [0, 0.1) is 39.7 Å². The Bertz CT molecular complexity index is 1340. The van der Waals surface area contributed by atoms with Crippen LogP contribution in [0.2, 0.25) is 0 Å². The number of nitriles is 2. The van der Waals surface area contributed by atoms with Crippen LogP contribution in [0.1, 0.15) is 27.4 Å². The molecular formula is C27H17F2N3O. The third-order valence-corrected chi connectivity index (χ3v) is 6.54. The zero-order valence-corrected chi connectivity index (χ0v) is 17.3. The maximum atomic E-state index is 13.9. The van der Waals surface area contributed by atoms with Crippen LogP contribution in [0.4, 0.5) is 14.5 Å². The smallest absolute Gasteiger partial charge is 0.185 e. The highest BCUT2D eigenvalue weighted by atomic mass is 19.1. The molecule has 0 spiro atoms. The number of halogens is 2. The number of carbonyl (C=O) groups excluding carboxylic acids is 1. The van der Waals surface area contributed by atoms with Crippen LogP contribution < -0.4 is 4.90 Å². The second kappa shape index (κ2) is 7.69. The molecule has 3 aromatic carbocycles. The predicted molar refractivity (Wildman–Crippen MR) is 119 cm³/mol. The number of para-hydroxylation sites is 1. The second-order valence-electron chi connectivity index (χ2n) is 8.21. The lowest BCUT2D eigenvalue weighted by Gasteiger charge is -2.35. The van der Waals surface area contributed by atoms with Crippen molar-refractivity contribution in [2.24, 2.45) is 5.41 Å². The molecule has 2 heterocycles. The van der Waals surface area contributed by atoms with Crippen molar-refractivity contribution < 1.29 is 13.6 Å². The summed E-state index contributed by atoms with van der Waals surface area (Å²) in [6.45, 7) is 0. The molecule has 5 rings (SSSR count). The Morgan fingerprint density at radius 3 is 2.12 bits per heavy atom. The van der Waals surface area contributed by atoms with E-state index in [1.807, 2.05) is 35.2 Å². The van der Waals surface area contributed by atoms with Crippen molar-refractivity contribution in [3.05, 3.63) is 107 Å². The van der Waals surface area contributed by atoms with E-state index < -0.39 is 35.1 Å². The van der Waals surface area contributed by atoms with Crippen LogP contribution >= 0.6 is 0 Å². The van der Waals surface area contributed by atoms with Gasteiger partial charge in [-0.05, 0) is 53.6 Å². The lowest BCUT2D eigenvalue weighted by molar-refractivity contribution is 0.0951. The average molecular weight is 437 g/mol. The number of hydrogen-bond acceptors (Lipinski definition) is 4. The first kappa shape index (κ1) is 20.6. The van der Waals surface area contributed by atoms with E-state index in [0.29, 0.717) is 5.56 Å². The van der Waals surface area contributed by atoms with Crippen LogP contribution in [0.15, 0.2) is 78.9 Å². The lowest BCUT2D eigenvalue weighted by atomic mass is 9.69. The number of benzene rings is 3. The summed E-state index contributed by atoms with van der Waals surface area (Å²) < 4.78 is 27.3. The van der Waals surface area contributed by atoms with Gasteiger partial charge in [-0.15, -0.1) is 0 Å². The molecular weight excluding hydrogens is 420 g/mol. The second-order valence-corrected chi connectivity index (χ2v) is 8.21. The molecule has 6 heteroatoms. The molecule has 2 aliphatic heterocycles. The normalized spacial score (nSPS) is 22.1. The van der Waals surface area contributed by atoms with Gasteiger partial charge in [0.1, 0.15) is 17.7 Å². The average Bonchev–Trinajstić information content (AvgIpc) is 3.15. The summed E-state index contributed by atoms with van der Waals surface area (Å²) in [5.74, 6) is -2.14. The van der Waals surface area contributed by atoms with E-state index in [1.54, 1.807) is 6.08 Å². The van der Waals surface area contributed by atoms with Crippen molar-refractivity contribution in [1.29, 1.82) is 10.5 Å². The standard InChI is InChI=1S/C27H17F2N3O/c28-20-10-5-18(6-11-20)24-25(26(33)19-7-12-21(29)13-8-19)32-22-4-2-1-3-17(22)9-14-23(32)27(24,15-30)16-31/h1-14,23-25H/t23-,24+,25-/m1/s1. The fourth-order valence-corrected chi connectivity index (χ4v) is 5.06. The summed E-state index contributed by atoms with van der Waals surface area (Å²) in [5, 5.41) is 20.7. The molecule has 3 atom stereocenters. The van der Waals surface area contributed by atoms with E-state index in [4.69, 9.17) is 0 Å². The van der Waals surface area contributed by atoms with Gasteiger partial charge < -0.3 is 4.90 Å². The van der Waals surface area contributed by atoms with Crippen LogP contribution in [-0.2, 0) is 0 Å². The number of fused-ring (bicyclic) bond motifs is 3. The number of carbonyl (C=O) groups is 1. The molecule has 0 aromatic heterocycles. The van der Waals surface area contributed by atoms with Crippen LogP contribution in [0.5, 0.6) is 0 Å². The van der Waals surface area contributed by atoms with Crippen molar-refractivity contribution >= 4 is 17.5 Å². The highest BCUT2D eigenvalue weighted by Crippen LogP contribution is 2.55. The van der Waals surface area contributed by atoms with Crippen LogP contribution in [0.3, 0.4) is 0 Å². The highest BCUT2D eigenvalue weighted by molar-refractivity contribution is 6.04. The van der Waals surface area contributed by atoms with Crippen molar-refractivity contribution in [2.45, 2.75) is 18.0 Å². The topological polar surface area (TPSA) is 67.9 Å². The number of ketones is 1. The number of nitrogens with zero attached hydrogens (tertiary/aromatic N) is 3. The third kappa shape index (κ3) is 3.03. The first-order valence-electron chi connectivity index (χ1n) is 10.4. The molecule has 0 unspecified atom stereocenters. The van der Waals surface area contributed by atoms with Gasteiger partial charge in [0.15, 0.2) is 11.2 Å². The van der Waals surface area contributed by atoms with E-state index in [1.165, 1.54) is 48.5 Å². The van der Waals surface area contributed by atoms with Gasteiger partial charge in [0.2, 0.25) is 0 Å². The molecule has 0 radical (unpaired) electrons. The SMILES string of the molecule is N#CC1(C#N)[C@@H](c2ccc(F)cc2)[C@H](C(=O)c2ccc(F)cc2)N2c3ccccc3C=C[C@@H]21. The maximum Gasteiger partial charge on any atom is 0.185 e.